The molecule has 1 aliphatic carbocycles. The molecule has 1 aromatic heterocycles. The molecular formula is C14H23N3O. The molecule has 2 aliphatic rings. The summed E-state index contributed by atoms with van der Waals surface area (Å²) in [5.74, 6) is 1.16. The number of nitrogens with zero attached hydrogens (tertiary/aromatic N) is 2. The third-order valence-electron chi connectivity index (χ3n) is 4.46. The van der Waals surface area contributed by atoms with Crippen LogP contribution in [-0.4, -0.2) is 34.3 Å². The molecule has 1 atom stereocenters. The topological polar surface area (TPSA) is 39.1 Å². The molecule has 2 fully saturated rings. The summed E-state index contributed by atoms with van der Waals surface area (Å²) >= 11 is 0. The van der Waals surface area contributed by atoms with E-state index in [2.05, 4.69) is 21.9 Å². The van der Waals surface area contributed by atoms with Gasteiger partial charge >= 0.3 is 0 Å². The van der Waals surface area contributed by atoms with Crippen molar-refractivity contribution in [2.45, 2.75) is 50.2 Å². The smallest absolute Gasteiger partial charge is 0.109 e. The molecule has 0 radical (unpaired) electrons. The highest BCUT2D eigenvalue weighted by molar-refractivity contribution is 4.97. The highest BCUT2D eigenvalue weighted by Gasteiger charge is 2.42. The van der Waals surface area contributed by atoms with Crippen LogP contribution in [0.1, 0.15) is 37.9 Å². The molecule has 1 saturated carbocycles. The molecule has 4 nitrogen and oxygen atoms in total. The van der Waals surface area contributed by atoms with E-state index >= 15 is 0 Å². The van der Waals surface area contributed by atoms with E-state index in [-0.39, 0.29) is 5.60 Å². The SMILES string of the molecule is Cn1ccnc1CCNC1CCOC2(CCC2)C1. The molecule has 0 amide bonds. The second-order valence-electron chi connectivity index (χ2n) is 5.73. The molecule has 1 N–H and O–H groups in total. The third-order valence-corrected chi connectivity index (χ3v) is 4.46. The summed E-state index contributed by atoms with van der Waals surface area (Å²) in [7, 11) is 2.06. The predicted molar refractivity (Wildman–Crippen MR) is 70.5 cm³/mol. The zero-order valence-electron chi connectivity index (χ0n) is 11.2. The molecule has 0 aromatic carbocycles. The maximum atomic E-state index is 5.95. The average molecular weight is 249 g/mol. The normalized spacial score (nSPS) is 26.2. The highest BCUT2D eigenvalue weighted by Crippen LogP contribution is 2.42. The second kappa shape index (κ2) is 5.02. The molecule has 2 heterocycles. The van der Waals surface area contributed by atoms with Crippen molar-refractivity contribution in [3.05, 3.63) is 18.2 Å². The number of ether oxygens (including phenoxy) is 1. The van der Waals surface area contributed by atoms with E-state index in [1.54, 1.807) is 0 Å². The van der Waals surface area contributed by atoms with Crippen molar-refractivity contribution in [2.75, 3.05) is 13.2 Å². The lowest BCUT2D eigenvalue weighted by Gasteiger charge is -2.47. The lowest BCUT2D eigenvalue weighted by molar-refractivity contribution is -0.135. The molecular weight excluding hydrogens is 226 g/mol. The Balaban J connectivity index is 1.44. The Morgan fingerprint density at radius 2 is 2.44 bits per heavy atom. The van der Waals surface area contributed by atoms with Crippen molar-refractivity contribution in [3.8, 4) is 0 Å². The number of nitrogens with one attached hydrogen (secondary N) is 1. The van der Waals surface area contributed by atoms with Crippen LogP contribution in [0.2, 0.25) is 0 Å². The van der Waals surface area contributed by atoms with E-state index in [0.717, 1.165) is 31.8 Å². The second-order valence-corrected chi connectivity index (χ2v) is 5.73. The van der Waals surface area contributed by atoms with E-state index in [1.807, 2.05) is 12.4 Å². The van der Waals surface area contributed by atoms with Crippen molar-refractivity contribution >= 4 is 0 Å². The van der Waals surface area contributed by atoms with Crippen LogP contribution in [0, 0.1) is 0 Å². The van der Waals surface area contributed by atoms with Crippen molar-refractivity contribution in [1.82, 2.24) is 14.9 Å². The molecule has 1 spiro atoms. The summed E-state index contributed by atoms with van der Waals surface area (Å²) in [6, 6.07) is 0.638. The zero-order valence-corrected chi connectivity index (χ0v) is 11.2. The Kier molecular flexibility index (Phi) is 3.39. The molecule has 3 rings (SSSR count). The van der Waals surface area contributed by atoms with Gasteiger partial charge in [-0.2, -0.15) is 0 Å². The van der Waals surface area contributed by atoms with Crippen LogP contribution in [0.5, 0.6) is 0 Å². The van der Waals surface area contributed by atoms with Gasteiger partial charge in [-0.3, -0.25) is 0 Å². The average Bonchev–Trinajstić information content (AvgIpc) is 2.74. The number of aryl methyl sites for hydroxylation is 1. The summed E-state index contributed by atoms with van der Waals surface area (Å²) in [4.78, 5) is 4.35. The molecule has 1 saturated heterocycles. The third kappa shape index (κ3) is 2.45. The van der Waals surface area contributed by atoms with Gasteiger partial charge in [0.15, 0.2) is 0 Å². The summed E-state index contributed by atoms with van der Waals surface area (Å²) in [5.41, 5.74) is 0.249. The first-order chi connectivity index (χ1) is 8.77. The first-order valence-electron chi connectivity index (χ1n) is 7.11. The molecule has 1 unspecified atom stereocenters. The van der Waals surface area contributed by atoms with Gasteiger partial charge in [-0.25, -0.2) is 4.98 Å². The van der Waals surface area contributed by atoms with E-state index in [9.17, 15) is 0 Å². The largest absolute Gasteiger partial charge is 0.375 e. The molecule has 18 heavy (non-hydrogen) atoms. The van der Waals surface area contributed by atoms with Crippen molar-refractivity contribution in [1.29, 1.82) is 0 Å². The van der Waals surface area contributed by atoms with Crippen molar-refractivity contribution in [3.63, 3.8) is 0 Å². The minimum atomic E-state index is 0.249. The standard InChI is InChI=1S/C14H23N3O/c1-17-9-8-16-13(17)3-7-15-12-4-10-18-14(11-12)5-2-6-14/h8-9,12,15H,2-7,10-11H2,1H3. The fourth-order valence-corrected chi connectivity index (χ4v) is 3.15. The number of rotatable bonds is 4. The minimum absolute atomic E-state index is 0.249. The number of imidazole rings is 1. The van der Waals surface area contributed by atoms with Crippen LogP contribution in [-0.2, 0) is 18.2 Å². The van der Waals surface area contributed by atoms with Gasteiger partial charge < -0.3 is 14.6 Å². The Morgan fingerprint density at radius 3 is 3.11 bits per heavy atom. The first kappa shape index (κ1) is 12.2. The lowest BCUT2D eigenvalue weighted by atomic mass is 9.74. The van der Waals surface area contributed by atoms with Gasteiger partial charge in [0.05, 0.1) is 5.60 Å². The highest BCUT2D eigenvalue weighted by atomic mass is 16.5. The summed E-state index contributed by atoms with van der Waals surface area (Å²) in [6.45, 7) is 1.95. The van der Waals surface area contributed by atoms with Gasteiger partial charge in [0.1, 0.15) is 5.82 Å². The molecule has 0 bridgehead atoms. The number of aromatic nitrogens is 2. The maximum Gasteiger partial charge on any atom is 0.109 e. The Bertz CT molecular complexity index is 397. The van der Waals surface area contributed by atoms with Gasteiger partial charge in [-0.05, 0) is 32.1 Å². The number of hydrogen-bond acceptors (Lipinski definition) is 3. The zero-order chi connectivity index (χ0) is 12.4. The van der Waals surface area contributed by atoms with Crippen LogP contribution >= 0.6 is 0 Å². The van der Waals surface area contributed by atoms with E-state index in [0.29, 0.717) is 6.04 Å². The van der Waals surface area contributed by atoms with Gasteiger partial charge in [-0.15, -0.1) is 0 Å². The monoisotopic (exact) mass is 249 g/mol. The summed E-state index contributed by atoms with van der Waals surface area (Å²) in [6.07, 6.45) is 11.1. The van der Waals surface area contributed by atoms with Gasteiger partial charge in [0.2, 0.25) is 0 Å². The van der Waals surface area contributed by atoms with Crippen LogP contribution in [0.15, 0.2) is 12.4 Å². The molecule has 1 aromatic rings. The van der Waals surface area contributed by atoms with E-state index in [1.165, 1.54) is 25.7 Å². The fraction of sp³-hybridized carbons (Fsp3) is 0.786. The Morgan fingerprint density at radius 1 is 1.56 bits per heavy atom. The first-order valence-corrected chi connectivity index (χ1v) is 7.11. The van der Waals surface area contributed by atoms with E-state index in [4.69, 9.17) is 4.74 Å². The molecule has 100 valence electrons. The van der Waals surface area contributed by atoms with Crippen LogP contribution in [0.4, 0.5) is 0 Å². The Labute approximate surface area is 109 Å². The van der Waals surface area contributed by atoms with Gasteiger partial charge in [-0.1, -0.05) is 0 Å². The number of hydrogen-bond donors (Lipinski definition) is 1. The van der Waals surface area contributed by atoms with Crippen LogP contribution in [0.3, 0.4) is 0 Å². The summed E-state index contributed by atoms with van der Waals surface area (Å²) < 4.78 is 8.04. The van der Waals surface area contributed by atoms with Crippen molar-refractivity contribution in [2.24, 2.45) is 7.05 Å². The maximum absolute atomic E-state index is 5.95. The van der Waals surface area contributed by atoms with Gasteiger partial charge in [0.25, 0.3) is 0 Å². The quantitative estimate of drug-likeness (QED) is 0.882. The summed E-state index contributed by atoms with van der Waals surface area (Å²) in [5, 5.41) is 3.68. The molecule has 4 heteroatoms. The van der Waals surface area contributed by atoms with Crippen LogP contribution in [0.25, 0.3) is 0 Å². The predicted octanol–water partition coefficient (Wildman–Crippen LogP) is 1.65. The lowest BCUT2D eigenvalue weighted by Crippen LogP contribution is -2.51. The molecule has 1 aliphatic heterocycles. The van der Waals surface area contributed by atoms with Crippen molar-refractivity contribution < 1.29 is 4.74 Å². The van der Waals surface area contributed by atoms with E-state index < -0.39 is 0 Å². The van der Waals surface area contributed by atoms with Gasteiger partial charge in [0, 0.05) is 45.1 Å². The van der Waals surface area contributed by atoms with Crippen LogP contribution < -0.4 is 5.32 Å². The minimum Gasteiger partial charge on any atom is -0.375 e. The fourth-order valence-electron chi connectivity index (χ4n) is 3.15. The Hall–Kier alpha value is -0.870.